The van der Waals surface area contributed by atoms with Crippen LogP contribution >= 0.6 is 0 Å². The molecule has 0 bridgehead atoms. The van der Waals surface area contributed by atoms with Crippen molar-refractivity contribution in [2.75, 3.05) is 37.4 Å². The first-order valence-electron chi connectivity index (χ1n) is 8.84. The highest BCUT2D eigenvalue weighted by Gasteiger charge is 2.21. The van der Waals surface area contributed by atoms with Gasteiger partial charge in [-0.3, -0.25) is 9.52 Å². The van der Waals surface area contributed by atoms with Gasteiger partial charge in [-0.1, -0.05) is 0 Å². The summed E-state index contributed by atoms with van der Waals surface area (Å²) >= 11 is 0. The first-order chi connectivity index (χ1) is 14.3. The quantitative estimate of drug-likeness (QED) is 0.548. The summed E-state index contributed by atoms with van der Waals surface area (Å²) in [4.78, 5) is 23.1. The summed E-state index contributed by atoms with van der Waals surface area (Å²) in [7, 11) is -1.18. The maximum Gasteiger partial charge on any atom is 0.407 e. The number of rotatable bonds is 9. The second-order valence-corrected chi connectivity index (χ2v) is 7.47. The van der Waals surface area contributed by atoms with E-state index in [4.69, 9.17) is 9.47 Å². The molecule has 2 aromatic carbocycles. The third-order valence-electron chi connectivity index (χ3n) is 3.75. The third-order valence-corrected chi connectivity index (χ3v) is 5.15. The molecular weight excluding hydrogens is 414 g/mol. The summed E-state index contributed by atoms with van der Waals surface area (Å²) in [6, 6.07) is 10.5. The lowest BCUT2D eigenvalue weighted by Gasteiger charge is -2.14. The largest absolute Gasteiger partial charge is 0.497 e. The molecule has 2 aromatic rings. The summed E-state index contributed by atoms with van der Waals surface area (Å²) in [6.07, 6.45) is -0.727. The standard InChI is InChI=1S/C19H23N3O7S/c1-4-29-19(24)20-12-18(23)21-14-7-10-16(28-3)17(11-14)30(25,26)22-13-5-8-15(27-2)9-6-13/h5-11,22H,4,12H2,1-3H3,(H,20,24)(H,21,23). The van der Waals surface area contributed by atoms with Crippen LogP contribution in [0.1, 0.15) is 6.92 Å². The number of benzene rings is 2. The molecule has 162 valence electrons. The molecule has 0 saturated heterocycles. The summed E-state index contributed by atoms with van der Waals surface area (Å²) in [6.45, 7) is 1.48. The van der Waals surface area contributed by atoms with E-state index < -0.39 is 22.0 Å². The topological polar surface area (TPSA) is 132 Å². The van der Waals surface area contributed by atoms with Crippen LogP contribution in [0.15, 0.2) is 47.4 Å². The van der Waals surface area contributed by atoms with Crippen LogP contribution < -0.4 is 24.8 Å². The van der Waals surface area contributed by atoms with Gasteiger partial charge < -0.3 is 24.8 Å². The van der Waals surface area contributed by atoms with E-state index in [1.807, 2.05) is 0 Å². The van der Waals surface area contributed by atoms with Gasteiger partial charge in [0.15, 0.2) is 0 Å². The predicted molar refractivity (Wildman–Crippen MR) is 110 cm³/mol. The molecule has 0 heterocycles. The zero-order chi connectivity index (χ0) is 22.1. The lowest BCUT2D eigenvalue weighted by molar-refractivity contribution is -0.115. The number of hydrogen-bond acceptors (Lipinski definition) is 7. The van der Waals surface area contributed by atoms with Gasteiger partial charge in [-0.05, 0) is 49.4 Å². The smallest absolute Gasteiger partial charge is 0.407 e. The summed E-state index contributed by atoms with van der Waals surface area (Å²) in [5, 5.41) is 4.78. The number of alkyl carbamates (subject to hydrolysis) is 1. The molecule has 0 aliphatic carbocycles. The van der Waals surface area contributed by atoms with Crippen LogP contribution in [0.5, 0.6) is 11.5 Å². The second-order valence-electron chi connectivity index (χ2n) is 5.82. The van der Waals surface area contributed by atoms with E-state index in [1.165, 1.54) is 32.4 Å². The van der Waals surface area contributed by atoms with Crippen molar-refractivity contribution >= 4 is 33.4 Å². The molecule has 0 atom stereocenters. The molecule has 10 nitrogen and oxygen atoms in total. The normalized spacial score (nSPS) is 10.6. The fourth-order valence-electron chi connectivity index (χ4n) is 2.37. The van der Waals surface area contributed by atoms with Gasteiger partial charge in [0, 0.05) is 11.4 Å². The molecule has 0 fully saturated rings. The zero-order valence-corrected chi connectivity index (χ0v) is 17.5. The Balaban J connectivity index is 2.17. The third kappa shape index (κ3) is 6.27. The van der Waals surface area contributed by atoms with Crippen LogP contribution in [0.3, 0.4) is 0 Å². The van der Waals surface area contributed by atoms with E-state index in [-0.39, 0.29) is 29.5 Å². The number of amides is 2. The minimum Gasteiger partial charge on any atom is -0.497 e. The van der Waals surface area contributed by atoms with Gasteiger partial charge >= 0.3 is 6.09 Å². The number of hydrogen-bond donors (Lipinski definition) is 3. The highest BCUT2D eigenvalue weighted by atomic mass is 32.2. The summed E-state index contributed by atoms with van der Waals surface area (Å²) in [5.41, 5.74) is 0.535. The molecule has 0 aliphatic heterocycles. The Morgan fingerprint density at radius 3 is 2.23 bits per heavy atom. The Morgan fingerprint density at radius 1 is 0.967 bits per heavy atom. The van der Waals surface area contributed by atoms with Crippen LogP contribution in [-0.4, -0.2) is 47.8 Å². The molecule has 0 radical (unpaired) electrons. The Hall–Kier alpha value is -3.47. The predicted octanol–water partition coefficient (Wildman–Crippen LogP) is 2.19. The molecular formula is C19H23N3O7S. The number of nitrogens with one attached hydrogen (secondary N) is 3. The van der Waals surface area contributed by atoms with Crippen molar-refractivity contribution in [2.24, 2.45) is 0 Å². The van der Waals surface area contributed by atoms with Gasteiger partial charge in [0.25, 0.3) is 10.0 Å². The van der Waals surface area contributed by atoms with E-state index in [0.29, 0.717) is 11.4 Å². The lowest BCUT2D eigenvalue weighted by Crippen LogP contribution is -2.33. The zero-order valence-electron chi connectivity index (χ0n) is 16.7. The SMILES string of the molecule is CCOC(=O)NCC(=O)Nc1ccc(OC)c(S(=O)(=O)Nc2ccc(OC)cc2)c1. The molecule has 2 rings (SSSR count). The van der Waals surface area contributed by atoms with Gasteiger partial charge in [0.2, 0.25) is 5.91 Å². The maximum atomic E-state index is 12.9. The van der Waals surface area contributed by atoms with Crippen molar-refractivity contribution in [2.45, 2.75) is 11.8 Å². The molecule has 2 amide bonds. The van der Waals surface area contributed by atoms with Gasteiger partial charge in [-0.15, -0.1) is 0 Å². The first kappa shape index (κ1) is 22.8. The molecule has 30 heavy (non-hydrogen) atoms. The van der Waals surface area contributed by atoms with Crippen molar-refractivity contribution in [1.82, 2.24) is 5.32 Å². The van der Waals surface area contributed by atoms with E-state index in [9.17, 15) is 18.0 Å². The van der Waals surface area contributed by atoms with Crippen molar-refractivity contribution in [3.63, 3.8) is 0 Å². The van der Waals surface area contributed by atoms with E-state index in [2.05, 4.69) is 20.1 Å². The second kappa shape index (κ2) is 10.3. The highest BCUT2D eigenvalue weighted by Crippen LogP contribution is 2.29. The average Bonchev–Trinajstić information content (AvgIpc) is 2.73. The fourth-order valence-corrected chi connectivity index (χ4v) is 3.63. The average molecular weight is 437 g/mol. The molecule has 11 heteroatoms. The van der Waals surface area contributed by atoms with E-state index >= 15 is 0 Å². The Morgan fingerprint density at radius 2 is 1.63 bits per heavy atom. The minimum atomic E-state index is -4.02. The molecule has 0 spiro atoms. The molecule has 0 aromatic heterocycles. The van der Waals surface area contributed by atoms with Crippen LogP contribution in [0, 0.1) is 0 Å². The van der Waals surface area contributed by atoms with Crippen LogP contribution in [-0.2, 0) is 19.6 Å². The highest BCUT2D eigenvalue weighted by molar-refractivity contribution is 7.92. The van der Waals surface area contributed by atoms with Crippen molar-refractivity contribution in [3.8, 4) is 11.5 Å². The fraction of sp³-hybridized carbons (Fsp3) is 0.263. The maximum absolute atomic E-state index is 12.9. The molecule has 0 unspecified atom stereocenters. The van der Waals surface area contributed by atoms with E-state index in [1.54, 1.807) is 31.2 Å². The van der Waals surface area contributed by atoms with Crippen molar-refractivity contribution in [1.29, 1.82) is 0 Å². The number of anilines is 2. The number of methoxy groups -OCH3 is 2. The minimum absolute atomic E-state index is 0.0960. The van der Waals surface area contributed by atoms with Gasteiger partial charge in [-0.2, -0.15) is 0 Å². The first-order valence-corrected chi connectivity index (χ1v) is 10.3. The van der Waals surface area contributed by atoms with Crippen LogP contribution in [0.2, 0.25) is 0 Å². The van der Waals surface area contributed by atoms with Crippen molar-refractivity contribution < 1.29 is 32.2 Å². The number of carbonyl (C=O) groups excluding carboxylic acids is 2. The summed E-state index contributed by atoms with van der Waals surface area (Å²) < 4.78 is 43.0. The van der Waals surface area contributed by atoms with Crippen LogP contribution in [0.25, 0.3) is 0 Å². The number of carbonyl (C=O) groups is 2. The number of ether oxygens (including phenoxy) is 3. The Labute approximate surface area is 174 Å². The Kier molecular flexibility index (Phi) is 7.87. The number of sulfonamides is 1. The van der Waals surface area contributed by atoms with E-state index in [0.717, 1.165) is 0 Å². The van der Waals surface area contributed by atoms with Gasteiger partial charge in [0.1, 0.15) is 22.9 Å². The van der Waals surface area contributed by atoms with Gasteiger partial charge in [0.05, 0.1) is 20.8 Å². The monoisotopic (exact) mass is 437 g/mol. The van der Waals surface area contributed by atoms with Crippen LogP contribution in [0.4, 0.5) is 16.2 Å². The van der Waals surface area contributed by atoms with Gasteiger partial charge in [-0.25, -0.2) is 13.2 Å². The Bertz CT molecular complexity index is 992. The molecule has 0 saturated carbocycles. The molecule has 3 N–H and O–H groups in total. The molecule has 0 aliphatic rings. The lowest BCUT2D eigenvalue weighted by atomic mass is 10.3. The van der Waals surface area contributed by atoms with Crippen molar-refractivity contribution in [3.05, 3.63) is 42.5 Å². The summed E-state index contributed by atoms with van der Waals surface area (Å²) in [5.74, 6) is 0.120.